The number of rotatable bonds is 2. The molecule has 0 heterocycles. The molecule has 0 bridgehead atoms. The molecule has 2 nitrogen and oxygen atoms in total. The summed E-state index contributed by atoms with van der Waals surface area (Å²) < 4.78 is 0. The molecule has 3 heteroatoms. The molecule has 0 aromatic heterocycles. The van der Waals surface area contributed by atoms with Crippen molar-refractivity contribution in [3.05, 3.63) is 32.9 Å². The van der Waals surface area contributed by atoms with Crippen LogP contribution in [0.3, 0.4) is 0 Å². The van der Waals surface area contributed by atoms with Gasteiger partial charge in [0, 0.05) is 25.6 Å². The zero-order valence-electron chi connectivity index (χ0n) is 9.05. The van der Waals surface area contributed by atoms with Crippen LogP contribution in [0, 0.1) is 21.3 Å². The zero-order chi connectivity index (χ0) is 9.28. The Balaban J connectivity index is -0.0000000941. The van der Waals surface area contributed by atoms with E-state index >= 15 is 0 Å². The van der Waals surface area contributed by atoms with E-state index in [0.717, 1.165) is 0 Å². The molecule has 0 fully saturated rings. The first-order chi connectivity index (χ1) is 5.26. The maximum Gasteiger partial charge on any atom is 0.162 e. The molecule has 0 aliphatic rings. The summed E-state index contributed by atoms with van der Waals surface area (Å²) in [7, 11) is 1.58. The molecule has 1 N–H and O–H groups in total. The second-order valence-corrected chi connectivity index (χ2v) is 1.56. The van der Waals surface area contributed by atoms with Crippen molar-refractivity contribution >= 4 is 5.91 Å². The van der Waals surface area contributed by atoms with E-state index in [1.165, 1.54) is 6.08 Å². The minimum absolute atomic E-state index is 0. The molecule has 1 radical (unpaired) electrons. The van der Waals surface area contributed by atoms with Crippen molar-refractivity contribution in [1.82, 2.24) is 5.32 Å². The van der Waals surface area contributed by atoms with E-state index in [-0.39, 0.29) is 31.9 Å². The molecule has 0 aliphatic heterocycles. The van der Waals surface area contributed by atoms with Crippen molar-refractivity contribution in [1.29, 1.82) is 0 Å². The predicted molar refractivity (Wildman–Crippen MR) is 55.2 cm³/mol. The van der Waals surface area contributed by atoms with E-state index in [1.807, 2.05) is 13.8 Å². The number of carbonyl (C=O) groups is 1. The summed E-state index contributed by atoms with van der Waals surface area (Å²) in [6.45, 7) is 11.0. The van der Waals surface area contributed by atoms with Gasteiger partial charge in [-0.3, -0.25) is 4.79 Å². The van der Waals surface area contributed by atoms with Crippen molar-refractivity contribution < 1.29 is 23.4 Å². The Morgan fingerprint density at radius 2 is 1.85 bits per heavy atom. The van der Waals surface area contributed by atoms with Crippen LogP contribution in [0.4, 0.5) is 0 Å². The molecule has 0 aromatic carbocycles. The summed E-state index contributed by atoms with van der Waals surface area (Å²) in [4.78, 5) is 10.7. The average molecular weight is 221 g/mol. The van der Waals surface area contributed by atoms with Gasteiger partial charge in [0.15, 0.2) is 5.91 Å². The first-order valence-corrected chi connectivity index (χ1v) is 3.75. The molecular formula is C10H20NOV-3. The van der Waals surface area contributed by atoms with Crippen LogP contribution >= 0.6 is 0 Å². The van der Waals surface area contributed by atoms with Gasteiger partial charge in [-0.15, -0.1) is 0 Å². The van der Waals surface area contributed by atoms with Gasteiger partial charge in [-0.1, -0.05) is 13.8 Å². The van der Waals surface area contributed by atoms with Crippen molar-refractivity contribution in [3.63, 3.8) is 0 Å². The van der Waals surface area contributed by atoms with E-state index in [0.29, 0.717) is 12.0 Å². The van der Waals surface area contributed by atoms with Crippen LogP contribution in [0.15, 0.2) is 11.6 Å². The minimum Gasteiger partial charge on any atom is -0.371 e. The van der Waals surface area contributed by atoms with Crippen LogP contribution in [0.2, 0.25) is 0 Å². The predicted octanol–water partition coefficient (Wildman–Crippen LogP) is 2.19. The number of hydrogen-bond acceptors (Lipinski definition) is 1. The van der Waals surface area contributed by atoms with Crippen LogP contribution in [0.1, 0.15) is 20.3 Å². The smallest absolute Gasteiger partial charge is 0.162 e. The van der Waals surface area contributed by atoms with Gasteiger partial charge in [0.2, 0.25) is 0 Å². The van der Waals surface area contributed by atoms with Gasteiger partial charge in [-0.2, -0.15) is 5.57 Å². The average Bonchev–Trinajstić information content (AvgIpc) is 2.10. The second kappa shape index (κ2) is 17.7. The van der Waals surface area contributed by atoms with E-state index in [1.54, 1.807) is 7.05 Å². The molecule has 0 atom stereocenters. The van der Waals surface area contributed by atoms with Gasteiger partial charge in [-0.25, -0.2) is 19.4 Å². The van der Waals surface area contributed by atoms with Crippen LogP contribution in [0.25, 0.3) is 0 Å². The van der Waals surface area contributed by atoms with Gasteiger partial charge in [0.05, 0.1) is 0 Å². The van der Waals surface area contributed by atoms with Crippen LogP contribution < -0.4 is 5.32 Å². The normalized spacial score (nSPS) is 8.15. The van der Waals surface area contributed by atoms with Crippen molar-refractivity contribution in [2.24, 2.45) is 0 Å². The fourth-order valence-corrected chi connectivity index (χ4v) is 0.469. The maximum atomic E-state index is 10.7. The summed E-state index contributed by atoms with van der Waals surface area (Å²) in [6.07, 6.45) is 2.01. The van der Waals surface area contributed by atoms with Crippen LogP contribution in [0.5, 0.6) is 0 Å². The van der Waals surface area contributed by atoms with E-state index < -0.39 is 0 Å². The van der Waals surface area contributed by atoms with Gasteiger partial charge >= 0.3 is 0 Å². The first kappa shape index (κ1) is 23.0. The Morgan fingerprint density at radius 1 is 1.46 bits per heavy atom. The van der Waals surface area contributed by atoms with Crippen LogP contribution in [-0.4, -0.2) is 13.0 Å². The summed E-state index contributed by atoms with van der Waals surface area (Å²) in [5.41, 5.74) is 0.623. The first-order valence-electron chi connectivity index (χ1n) is 3.75. The Morgan fingerprint density at radius 3 is 1.92 bits per heavy atom. The van der Waals surface area contributed by atoms with E-state index in [2.05, 4.69) is 19.2 Å². The van der Waals surface area contributed by atoms with Gasteiger partial charge in [0.25, 0.3) is 0 Å². The van der Waals surface area contributed by atoms with Gasteiger partial charge in [-0.05, 0) is 0 Å². The van der Waals surface area contributed by atoms with Crippen LogP contribution in [-0.2, 0) is 23.4 Å². The monoisotopic (exact) mass is 221 g/mol. The number of allylic oxidation sites excluding steroid dienone is 1. The Labute approximate surface area is 95.1 Å². The third-order valence-corrected chi connectivity index (χ3v) is 1.03. The molecule has 0 unspecified atom stereocenters. The zero-order valence-corrected chi connectivity index (χ0v) is 10.5. The molecule has 0 aliphatic carbocycles. The fraction of sp³-hybridized carbons (Fsp3) is 0.400. The third kappa shape index (κ3) is 11.7. The van der Waals surface area contributed by atoms with E-state index in [9.17, 15) is 4.79 Å². The van der Waals surface area contributed by atoms with Crippen molar-refractivity contribution in [2.45, 2.75) is 20.3 Å². The Hall–Kier alpha value is -0.336. The summed E-state index contributed by atoms with van der Waals surface area (Å²) in [6, 6.07) is 0. The maximum absolute atomic E-state index is 10.7. The fourth-order valence-electron chi connectivity index (χ4n) is 0.469. The molecule has 0 rings (SSSR count). The largest absolute Gasteiger partial charge is 0.371 e. The van der Waals surface area contributed by atoms with Crippen molar-refractivity contribution in [2.75, 3.05) is 7.05 Å². The number of hydrogen-bond donors (Lipinski definition) is 1. The summed E-state index contributed by atoms with van der Waals surface area (Å²) in [5.74, 6) is -0.0972. The molecule has 0 spiro atoms. The third-order valence-electron chi connectivity index (χ3n) is 1.03. The second-order valence-electron chi connectivity index (χ2n) is 1.56. The number of nitrogens with one attached hydrogen (secondary N) is 1. The molecule has 0 saturated carbocycles. The van der Waals surface area contributed by atoms with E-state index in [4.69, 9.17) is 0 Å². The Bertz CT molecular complexity index is 133. The molecule has 0 saturated heterocycles. The Kier molecular flexibility index (Phi) is 31.2. The molecule has 13 heavy (non-hydrogen) atoms. The number of amides is 1. The minimum atomic E-state index is -0.0972. The summed E-state index contributed by atoms with van der Waals surface area (Å²) >= 11 is 0. The molecule has 1 amide bonds. The standard InChI is InChI=1S/C7H11NO.C2H6.CH3.V/c1-4-6(5-2)7(9)8-3;1-2;;/h4H,1-2,5H2,3H3,(H,8,9);1-2H3;1H3;/q-2;;-1;. The molecule has 79 valence electrons. The SMILES string of the molecule is CC.[CH2-]C=C(C[CH2-])C(=O)NC.[CH3-].[V]. The van der Waals surface area contributed by atoms with Crippen molar-refractivity contribution in [3.8, 4) is 0 Å². The molecule has 0 aromatic rings. The van der Waals surface area contributed by atoms with Gasteiger partial charge < -0.3 is 19.7 Å². The number of carbonyl (C=O) groups excluding carboxylic acids is 1. The number of likely N-dealkylation sites (N-methyl/N-ethyl adjacent to an activating group) is 1. The summed E-state index contributed by atoms with van der Waals surface area (Å²) in [5, 5.41) is 2.48. The quantitative estimate of drug-likeness (QED) is 0.562. The van der Waals surface area contributed by atoms with Gasteiger partial charge in [0.1, 0.15) is 0 Å². The topological polar surface area (TPSA) is 29.1 Å². The molecular weight excluding hydrogens is 201 g/mol.